The Morgan fingerprint density at radius 1 is 1.40 bits per heavy atom. The first-order chi connectivity index (χ1) is 7.17. The van der Waals surface area contributed by atoms with Gasteiger partial charge >= 0.3 is 0 Å². The molecule has 0 unspecified atom stereocenters. The van der Waals surface area contributed by atoms with Gasteiger partial charge in [-0.05, 0) is 30.5 Å². The van der Waals surface area contributed by atoms with Gasteiger partial charge in [-0.3, -0.25) is 0 Å². The standard InChI is InChI=1S/C12H14N2O/c1-14(2)7-6-11-5-4-10(9-13)8-12(11)15-3/h4-8H,1-3H3/b7-6+. The fourth-order valence-electron chi connectivity index (χ4n) is 1.15. The molecule has 0 saturated carbocycles. The van der Waals surface area contributed by atoms with E-state index < -0.39 is 0 Å². The molecule has 0 radical (unpaired) electrons. The highest BCUT2D eigenvalue weighted by molar-refractivity contribution is 5.59. The van der Waals surface area contributed by atoms with Gasteiger partial charge in [0, 0.05) is 19.7 Å². The molecule has 1 aromatic carbocycles. The van der Waals surface area contributed by atoms with E-state index in [2.05, 4.69) is 6.07 Å². The average Bonchev–Trinajstić information content (AvgIpc) is 2.25. The summed E-state index contributed by atoms with van der Waals surface area (Å²) in [4.78, 5) is 1.94. The number of hydrogen-bond acceptors (Lipinski definition) is 3. The van der Waals surface area contributed by atoms with E-state index in [-0.39, 0.29) is 0 Å². The second-order valence-corrected chi connectivity index (χ2v) is 3.35. The zero-order valence-corrected chi connectivity index (χ0v) is 9.19. The Morgan fingerprint density at radius 3 is 2.67 bits per heavy atom. The van der Waals surface area contributed by atoms with Crippen LogP contribution in [0.5, 0.6) is 5.75 Å². The number of nitriles is 1. The summed E-state index contributed by atoms with van der Waals surface area (Å²) >= 11 is 0. The van der Waals surface area contributed by atoms with Crippen LogP contribution in [0.4, 0.5) is 0 Å². The third-order valence-corrected chi connectivity index (χ3v) is 1.91. The maximum Gasteiger partial charge on any atom is 0.127 e. The molecule has 3 nitrogen and oxygen atoms in total. The highest BCUT2D eigenvalue weighted by Crippen LogP contribution is 2.21. The van der Waals surface area contributed by atoms with E-state index in [0.717, 1.165) is 5.56 Å². The number of ether oxygens (including phenoxy) is 1. The molecule has 0 atom stereocenters. The van der Waals surface area contributed by atoms with Crippen molar-refractivity contribution in [1.82, 2.24) is 4.90 Å². The molecule has 0 aliphatic rings. The monoisotopic (exact) mass is 202 g/mol. The quantitative estimate of drug-likeness (QED) is 0.753. The largest absolute Gasteiger partial charge is 0.496 e. The van der Waals surface area contributed by atoms with Gasteiger partial charge in [-0.25, -0.2) is 0 Å². The van der Waals surface area contributed by atoms with Crippen molar-refractivity contribution in [3.63, 3.8) is 0 Å². The fourth-order valence-corrected chi connectivity index (χ4v) is 1.15. The molecule has 0 heterocycles. The molecule has 3 heteroatoms. The van der Waals surface area contributed by atoms with Gasteiger partial charge in [0.2, 0.25) is 0 Å². The Kier molecular flexibility index (Phi) is 3.75. The van der Waals surface area contributed by atoms with E-state index in [0.29, 0.717) is 11.3 Å². The molecule has 15 heavy (non-hydrogen) atoms. The highest BCUT2D eigenvalue weighted by Gasteiger charge is 2.00. The molecule has 0 spiro atoms. The van der Waals surface area contributed by atoms with Crippen molar-refractivity contribution in [3.8, 4) is 11.8 Å². The zero-order chi connectivity index (χ0) is 11.3. The summed E-state index contributed by atoms with van der Waals surface area (Å²) in [7, 11) is 5.50. The van der Waals surface area contributed by atoms with Crippen LogP contribution in [0.2, 0.25) is 0 Å². The molecule has 0 aromatic heterocycles. The van der Waals surface area contributed by atoms with Gasteiger partial charge in [0.15, 0.2) is 0 Å². The first-order valence-electron chi connectivity index (χ1n) is 4.60. The van der Waals surface area contributed by atoms with Crippen LogP contribution in [0, 0.1) is 11.3 Å². The minimum Gasteiger partial charge on any atom is -0.496 e. The summed E-state index contributed by atoms with van der Waals surface area (Å²) in [5.41, 5.74) is 1.57. The molecule has 0 bridgehead atoms. The molecule has 0 N–H and O–H groups in total. The summed E-state index contributed by atoms with van der Waals surface area (Å²) in [5, 5.41) is 8.73. The maximum absolute atomic E-state index is 8.73. The van der Waals surface area contributed by atoms with Crippen molar-refractivity contribution < 1.29 is 4.74 Å². The lowest BCUT2D eigenvalue weighted by atomic mass is 10.1. The van der Waals surface area contributed by atoms with E-state index >= 15 is 0 Å². The van der Waals surface area contributed by atoms with E-state index in [4.69, 9.17) is 10.00 Å². The Bertz CT molecular complexity index is 403. The van der Waals surface area contributed by atoms with Crippen molar-refractivity contribution in [3.05, 3.63) is 35.5 Å². The topological polar surface area (TPSA) is 36.3 Å². The SMILES string of the molecule is COc1cc(C#N)ccc1/C=C/N(C)C. The highest BCUT2D eigenvalue weighted by atomic mass is 16.5. The van der Waals surface area contributed by atoms with E-state index in [1.54, 1.807) is 19.2 Å². The minimum absolute atomic E-state index is 0.605. The van der Waals surface area contributed by atoms with Crippen molar-refractivity contribution in [1.29, 1.82) is 5.26 Å². The van der Waals surface area contributed by atoms with E-state index in [1.165, 1.54) is 0 Å². The zero-order valence-electron chi connectivity index (χ0n) is 9.19. The normalized spacial score (nSPS) is 10.0. The number of methoxy groups -OCH3 is 1. The van der Waals surface area contributed by atoms with Crippen LogP contribution < -0.4 is 4.74 Å². The summed E-state index contributed by atoms with van der Waals surface area (Å²) < 4.78 is 5.20. The molecule has 1 aromatic rings. The van der Waals surface area contributed by atoms with E-state index in [1.807, 2.05) is 37.3 Å². The maximum atomic E-state index is 8.73. The molecule has 0 fully saturated rings. The minimum atomic E-state index is 0.605. The molecule has 0 amide bonds. The van der Waals surface area contributed by atoms with Crippen LogP contribution in [0.3, 0.4) is 0 Å². The van der Waals surface area contributed by atoms with Crippen LogP contribution in [0.15, 0.2) is 24.4 Å². The van der Waals surface area contributed by atoms with Gasteiger partial charge in [-0.2, -0.15) is 5.26 Å². The third kappa shape index (κ3) is 3.03. The van der Waals surface area contributed by atoms with Gasteiger partial charge in [0.1, 0.15) is 5.75 Å². The fraction of sp³-hybridized carbons (Fsp3) is 0.250. The average molecular weight is 202 g/mol. The molecule has 78 valence electrons. The van der Waals surface area contributed by atoms with Crippen LogP contribution >= 0.6 is 0 Å². The molecule has 0 aliphatic heterocycles. The molecule has 0 saturated heterocycles. The van der Waals surface area contributed by atoms with Crippen molar-refractivity contribution in [2.45, 2.75) is 0 Å². The molecule has 0 aliphatic carbocycles. The first kappa shape index (κ1) is 11.1. The lowest BCUT2D eigenvalue weighted by Gasteiger charge is -2.07. The lowest BCUT2D eigenvalue weighted by Crippen LogP contribution is -1.99. The predicted octanol–water partition coefficient (Wildman–Crippen LogP) is 2.10. The second kappa shape index (κ2) is 5.06. The van der Waals surface area contributed by atoms with Gasteiger partial charge in [-0.1, -0.05) is 0 Å². The van der Waals surface area contributed by atoms with Crippen molar-refractivity contribution in [2.75, 3.05) is 21.2 Å². The van der Waals surface area contributed by atoms with Gasteiger partial charge in [0.25, 0.3) is 0 Å². The van der Waals surface area contributed by atoms with Crippen LogP contribution in [0.25, 0.3) is 6.08 Å². The van der Waals surface area contributed by atoms with Crippen molar-refractivity contribution >= 4 is 6.08 Å². The van der Waals surface area contributed by atoms with Gasteiger partial charge < -0.3 is 9.64 Å². The lowest BCUT2D eigenvalue weighted by molar-refractivity contribution is 0.413. The summed E-state index contributed by atoms with van der Waals surface area (Å²) in [6.45, 7) is 0. The predicted molar refractivity (Wildman–Crippen MR) is 60.4 cm³/mol. The van der Waals surface area contributed by atoms with Crippen molar-refractivity contribution in [2.24, 2.45) is 0 Å². The molecule has 1 rings (SSSR count). The van der Waals surface area contributed by atoms with Crippen LogP contribution in [-0.2, 0) is 0 Å². The summed E-state index contributed by atoms with van der Waals surface area (Å²) in [6, 6.07) is 7.46. The summed E-state index contributed by atoms with van der Waals surface area (Å²) in [5.74, 6) is 0.715. The Hall–Kier alpha value is -1.95. The number of rotatable bonds is 3. The number of hydrogen-bond donors (Lipinski definition) is 0. The smallest absolute Gasteiger partial charge is 0.127 e. The van der Waals surface area contributed by atoms with Gasteiger partial charge in [0.05, 0.1) is 18.7 Å². The number of benzene rings is 1. The van der Waals surface area contributed by atoms with Crippen LogP contribution in [-0.4, -0.2) is 26.1 Å². The Morgan fingerprint density at radius 2 is 2.13 bits per heavy atom. The summed E-state index contributed by atoms with van der Waals surface area (Å²) in [6.07, 6.45) is 3.88. The number of nitrogens with zero attached hydrogens (tertiary/aromatic N) is 2. The molecular formula is C12H14N2O. The van der Waals surface area contributed by atoms with Crippen LogP contribution in [0.1, 0.15) is 11.1 Å². The molecular weight excluding hydrogens is 188 g/mol. The van der Waals surface area contributed by atoms with E-state index in [9.17, 15) is 0 Å². The second-order valence-electron chi connectivity index (χ2n) is 3.35. The van der Waals surface area contributed by atoms with Gasteiger partial charge in [-0.15, -0.1) is 0 Å². The third-order valence-electron chi connectivity index (χ3n) is 1.91. The first-order valence-corrected chi connectivity index (χ1v) is 4.60. The Balaban J connectivity index is 3.04. The Labute approximate surface area is 90.2 Å².